The van der Waals surface area contributed by atoms with Gasteiger partial charge in [0, 0.05) is 23.6 Å². The zero-order chi connectivity index (χ0) is 14.5. The van der Waals surface area contributed by atoms with Crippen molar-refractivity contribution >= 4 is 11.6 Å². The topological polar surface area (TPSA) is 33.2 Å². The van der Waals surface area contributed by atoms with Gasteiger partial charge in [0.1, 0.15) is 5.82 Å². The maximum atomic E-state index is 12.9. The lowest BCUT2D eigenvalue weighted by molar-refractivity contribution is 0.0945. The van der Waals surface area contributed by atoms with Crippen molar-refractivity contribution in [3.05, 3.63) is 60.2 Å². The molecule has 1 amide bonds. The van der Waals surface area contributed by atoms with Crippen LogP contribution in [0.4, 0.5) is 18.9 Å². The van der Waals surface area contributed by atoms with E-state index in [1.54, 1.807) is 0 Å². The van der Waals surface area contributed by atoms with Gasteiger partial charge in [-0.2, -0.15) is 0 Å². The largest absolute Gasteiger partial charge is 0.303 e. The number of benzene rings is 1. The minimum absolute atomic E-state index is 0.216. The lowest BCUT2D eigenvalue weighted by Crippen LogP contribution is -2.35. The molecule has 104 valence electrons. The molecule has 0 saturated heterocycles. The van der Waals surface area contributed by atoms with Crippen molar-refractivity contribution in [3.8, 4) is 0 Å². The minimum Gasteiger partial charge on any atom is -0.303 e. The average Bonchev–Trinajstić information content (AvgIpc) is 2.46. The molecule has 6 heteroatoms. The highest BCUT2D eigenvalue weighted by Crippen LogP contribution is 2.19. The number of alkyl halides is 2. The van der Waals surface area contributed by atoms with Crippen molar-refractivity contribution in [2.45, 2.75) is 6.43 Å². The Hall–Kier alpha value is -2.37. The first-order chi connectivity index (χ1) is 9.58. The summed E-state index contributed by atoms with van der Waals surface area (Å²) in [6, 6.07) is 7.68. The fourth-order valence-electron chi connectivity index (χ4n) is 1.71. The van der Waals surface area contributed by atoms with Crippen molar-refractivity contribution in [1.29, 1.82) is 0 Å². The first-order valence-electron chi connectivity index (χ1n) is 5.83. The van der Waals surface area contributed by atoms with E-state index < -0.39 is 24.7 Å². The Balaban J connectivity index is 2.32. The Morgan fingerprint density at radius 2 is 1.70 bits per heavy atom. The van der Waals surface area contributed by atoms with Crippen LogP contribution in [0.3, 0.4) is 0 Å². The summed E-state index contributed by atoms with van der Waals surface area (Å²) in [6.07, 6.45) is 0.113. The zero-order valence-electron chi connectivity index (χ0n) is 10.3. The lowest BCUT2D eigenvalue weighted by atomic mass is 10.2. The number of hydrogen-bond donors (Lipinski definition) is 0. The van der Waals surface area contributed by atoms with E-state index in [1.807, 2.05) is 0 Å². The average molecular weight is 280 g/mol. The van der Waals surface area contributed by atoms with E-state index in [0.29, 0.717) is 0 Å². The van der Waals surface area contributed by atoms with E-state index in [-0.39, 0.29) is 11.3 Å². The molecule has 0 bridgehead atoms. The van der Waals surface area contributed by atoms with Gasteiger partial charge in [-0.3, -0.25) is 9.78 Å². The molecule has 3 nitrogen and oxygen atoms in total. The number of anilines is 1. The summed E-state index contributed by atoms with van der Waals surface area (Å²) in [5.41, 5.74) is 0.457. The highest BCUT2D eigenvalue weighted by molar-refractivity contribution is 6.06. The van der Waals surface area contributed by atoms with E-state index in [4.69, 9.17) is 0 Å². The Kier molecular flexibility index (Phi) is 4.34. The quantitative estimate of drug-likeness (QED) is 0.862. The molecule has 0 aliphatic carbocycles. The van der Waals surface area contributed by atoms with Gasteiger partial charge in [-0.05, 0) is 36.4 Å². The van der Waals surface area contributed by atoms with E-state index >= 15 is 0 Å². The minimum atomic E-state index is -2.69. The van der Waals surface area contributed by atoms with Crippen LogP contribution in [-0.4, -0.2) is 23.9 Å². The third-order valence-electron chi connectivity index (χ3n) is 2.63. The van der Waals surface area contributed by atoms with Crippen LogP contribution in [-0.2, 0) is 0 Å². The Labute approximate surface area is 113 Å². The zero-order valence-corrected chi connectivity index (χ0v) is 10.3. The van der Waals surface area contributed by atoms with Gasteiger partial charge in [0.15, 0.2) is 0 Å². The number of nitrogens with zero attached hydrogens (tertiary/aromatic N) is 2. The van der Waals surface area contributed by atoms with Crippen LogP contribution in [0.15, 0.2) is 48.8 Å². The molecule has 0 spiro atoms. The summed E-state index contributed by atoms with van der Waals surface area (Å²) in [7, 11) is 0. The molecule has 1 heterocycles. The van der Waals surface area contributed by atoms with Crippen LogP contribution in [0.25, 0.3) is 0 Å². The standard InChI is InChI=1S/C14H11F3N2O/c15-11-1-3-12(4-2-11)19(9-13(16)17)14(20)10-5-7-18-8-6-10/h1-8,13H,9H2. The molecular weight excluding hydrogens is 269 g/mol. The number of amides is 1. The maximum Gasteiger partial charge on any atom is 0.258 e. The molecular formula is C14H11F3N2O. The second-order valence-corrected chi connectivity index (χ2v) is 4.02. The fraction of sp³-hybridized carbons (Fsp3) is 0.143. The van der Waals surface area contributed by atoms with Crippen molar-refractivity contribution in [2.24, 2.45) is 0 Å². The molecule has 2 aromatic rings. The summed E-state index contributed by atoms with van der Waals surface area (Å²) in [4.78, 5) is 16.9. The predicted octanol–water partition coefficient (Wildman–Crippen LogP) is 3.13. The third kappa shape index (κ3) is 3.34. The van der Waals surface area contributed by atoms with Gasteiger partial charge >= 0.3 is 0 Å². The second kappa shape index (κ2) is 6.18. The maximum absolute atomic E-state index is 12.9. The van der Waals surface area contributed by atoms with Gasteiger partial charge in [-0.15, -0.1) is 0 Å². The summed E-state index contributed by atoms with van der Waals surface area (Å²) in [6.45, 7) is -0.757. The molecule has 2 rings (SSSR count). The Morgan fingerprint density at radius 3 is 2.25 bits per heavy atom. The molecule has 0 radical (unpaired) electrons. The molecule has 20 heavy (non-hydrogen) atoms. The van der Waals surface area contributed by atoms with Crippen molar-refractivity contribution in [2.75, 3.05) is 11.4 Å². The van der Waals surface area contributed by atoms with E-state index in [1.165, 1.54) is 36.7 Å². The number of halogens is 3. The number of pyridine rings is 1. The number of hydrogen-bond acceptors (Lipinski definition) is 2. The van der Waals surface area contributed by atoms with Crippen LogP contribution in [0.2, 0.25) is 0 Å². The summed E-state index contributed by atoms with van der Waals surface area (Å²) < 4.78 is 38.2. The van der Waals surface area contributed by atoms with Gasteiger partial charge in [0.2, 0.25) is 0 Å². The normalized spacial score (nSPS) is 10.6. The number of rotatable bonds is 4. The van der Waals surface area contributed by atoms with Crippen LogP contribution in [0.5, 0.6) is 0 Å². The van der Waals surface area contributed by atoms with Crippen molar-refractivity contribution in [3.63, 3.8) is 0 Å². The molecule has 0 unspecified atom stereocenters. The Morgan fingerprint density at radius 1 is 1.10 bits per heavy atom. The highest BCUT2D eigenvalue weighted by Gasteiger charge is 2.21. The molecule has 0 N–H and O–H groups in total. The highest BCUT2D eigenvalue weighted by atomic mass is 19.3. The summed E-state index contributed by atoms with van der Waals surface area (Å²) in [5.74, 6) is -1.08. The van der Waals surface area contributed by atoms with Gasteiger partial charge in [-0.1, -0.05) is 0 Å². The number of aromatic nitrogens is 1. The van der Waals surface area contributed by atoms with E-state index in [0.717, 1.165) is 17.0 Å². The molecule has 0 aliphatic heterocycles. The summed E-state index contributed by atoms with van der Waals surface area (Å²) >= 11 is 0. The van der Waals surface area contributed by atoms with Crippen LogP contribution >= 0.6 is 0 Å². The van der Waals surface area contributed by atoms with Gasteiger partial charge in [0.05, 0.1) is 6.54 Å². The van der Waals surface area contributed by atoms with Crippen molar-refractivity contribution < 1.29 is 18.0 Å². The molecule has 0 atom stereocenters. The number of carbonyl (C=O) groups is 1. The van der Waals surface area contributed by atoms with E-state index in [2.05, 4.69) is 4.98 Å². The lowest BCUT2D eigenvalue weighted by Gasteiger charge is -2.22. The summed E-state index contributed by atoms with van der Waals surface area (Å²) in [5, 5.41) is 0. The first kappa shape index (κ1) is 14.0. The number of carbonyl (C=O) groups excluding carboxylic acids is 1. The first-order valence-corrected chi connectivity index (χ1v) is 5.83. The second-order valence-electron chi connectivity index (χ2n) is 4.02. The van der Waals surface area contributed by atoms with Crippen molar-refractivity contribution in [1.82, 2.24) is 4.98 Å². The third-order valence-corrected chi connectivity index (χ3v) is 2.63. The smallest absolute Gasteiger partial charge is 0.258 e. The van der Waals surface area contributed by atoms with Crippen LogP contribution in [0.1, 0.15) is 10.4 Å². The monoisotopic (exact) mass is 280 g/mol. The van der Waals surface area contributed by atoms with Gasteiger partial charge in [0.25, 0.3) is 12.3 Å². The fourth-order valence-corrected chi connectivity index (χ4v) is 1.71. The molecule has 0 fully saturated rings. The SMILES string of the molecule is O=C(c1ccncc1)N(CC(F)F)c1ccc(F)cc1. The molecule has 1 aromatic carbocycles. The van der Waals surface area contributed by atoms with Gasteiger partial charge in [-0.25, -0.2) is 13.2 Å². The van der Waals surface area contributed by atoms with Gasteiger partial charge < -0.3 is 4.90 Å². The van der Waals surface area contributed by atoms with E-state index in [9.17, 15) is 18.0 Å². The van der Waals surface area contributed by atoms with Crippen LogP contribution < -0.4 is 4.90 Å². The Bertz CT molecular complexity index is 573. The molecule has 1 aromatic heterocycles. The van der Waals surface area contributed by atoms with Crippen LogP contribution in [0, 0.1) is 5.82 Å². The molecule has 0 aliphatic rings. The predicted molar refractivity (Wildman–Crippen MR) is 68.3 cm³/mol. The molecule has 0 saturated carbocycles.